The van der Waals surface area contributed by atoms with Crippen molar-refractivity contribution in [3.63, 3.8) is 0 Å². The Kier molecular flexibility index (Phi) is 5.83. The van der Waals surface area contributed by atoms with Gasteiger partial charge < -0.3 is 11.1 Å². The van der Waals surface area contributed by atoms with Gasteiger partial charge in [-0.1, -0.05) is 25.4 Å². The number of anilines is 2. The lowest BCUT2D eigenvalue weighted by Gasteiger charge is -2.17. The van der Waals surface area contributed by atoms with Crippen LogP contribution in [-0.4, -0.2) is 30.9 Å². The molecular weight excluding hydrogens is 433 g/mol. The van der Waals surface area contributed by atoms with Crippen LogP contribution in [0.25, 0.3) is 16.9 Å². The highest BCUT2D eigenvalue weighted by Crippen LogP contribution is 2.34. The fourth-order valence-corrected chi connectivity index (χ4v) is 3.54. The number of nitrogens with zero attached hydrogens (tertiary/aromatic N) is 5. The second kappa shape index (κ2) is 8.72. The Bertz CT molecular complexity index is 1290. The molecule has 3 aromatic heterocycles. The molecule has 0 saturated heterocycles. The molecule has 10 heteroatoms. The zero-order chi connectivity index (χ0) is 22.8. The fraction of sp³-hybridized carbons (Fsp3) is 0.136. The lowest BCUT2D eigenvalue weighted by Crippen LogP contribution is -2.15. The fourth-order valence-electron chi connectivity index (χ4n) is 3.30. The first-order chi connectivity index (χ1) is 15.3. The molecule has 0 unspecified atom stereocenters. The van der Waals surface area contributed by atoms with Crippen LogP contribution in [-0.2, 0) is 0 Å². The Morgan fingerprint density at radius 2 is 1.88 bits per heavy atom. The Labute approximate surface area is 188 Å². The van der Waals surface area contributed by atoms with Gasteiger partial charge in [0.05, 0.1) is 46.7 Å². The number of carbonyl (C=O) groups is 1. The number of nitrogens with two attached hydrogens (primary N) is 1. The number of pyridine rings is 2. The van der Waals surface area contributed by atoms with Crippen molar-refractivity contribution in [1.29, 1.82) is 0 Å². The Morgan fingerprint density at radius 1 is 1.12 bits per heavy atom. The van der Waals surface area contributed by atoms with E-state index in [-0.39, 0.29) is 16.5 Å². The first-order valence-corrected chi connectivity index (χ1v) is 10.1. The van der Waals surface area contributed by atoms with Crippen LogP contribution in [0, 0.1) is 5.82 Å². The lowest BCUT2D eigenvalue weighted by molar-refractivity contribution is 0.102. The number of hydrogen-bond donors (Lipinski definition) is 2. The summed E-state index contributed by atoms with van der Waals surface area (Å²) in [4.78, 5) is 22.3. The summed E-state index contributed by atoms with van der Waals surface area (Å²) in [6, 6.07) is 6.09. The molecule has 3 N–H and O–H groups in total. The average Bonchev–Trinajstić information content (AvgIpc) is 3.28. The predicted octanol–water partition coefficient (Wildman–Crippen LogP) is 4.47. The number of amides is 1. The van der Waals surface area contributed by atoms with E-state index in [9.17, 15) is 4.79 Å². The van der Waals surface area contributed by atoms with Gasteiger partial charge in [0, 0.05) is 11.8 Å². The normalized spacial score (nSPS) is 11.0. The second-order valence-corrected chi connectivity index (χ2v) is 7.75. The first-order valence-electron chi connectivity index (χ1n) is 9.72. The number of hydrogen-bond acceptors (Lipinski definition) is 6. The van der Waals surface area contributed by atoms with Gasteiger partial charge in [-0.15, -0.1) is 4.80 Å². The molecule has 0 fully saturated rings. The standard InChI is InChI=1S/C22H19ClFN7O/c1-12(2)15-8-17(19(24)9-16(15)14-3-4-26-11-20(14)25)22(32)30-13-7-18(23)21(27-10-13)31-28-5-6-29-31/h3-12H,25H2,1-2H3,(H,30,32). The van der Waals surface area contributed by atoms with Crippen LogP contribution in [0.5, 0.6) is 0 Å². The predicted molar refractivity (Wildman–Crippen MR) is 120 cm³/mol. The van der Waals surface area contributed by atoms with Gasteiger partial charge in [-0.25, -0.2) is 9.37 Å². The highest BCUT2D eigenvalue weighted by Gasteiger charge is 2.20. The molecule has 8 nitrogen and oxygen atoms in total. The third-order valence-corrected chi connectivity index (χ3v) is 5.11. The SMILES string of the molecule is CC(C)c1cc(C(=O)Nc2cnc(-n3nccn3)c(Cl)c2)c(F)cc1-c1ccncc1N. The number of halogens is 2. The minimum atomic E-state index is -0.672. The van der Waals surface area contributed by atoms with E-state index in [0.717, 1.165) is 5.56 Å². The quantitative estimate of drug-likeness (QED) is 0.463. The molecule has 0 spiro atoms. The van der Waals surface area contributed by atoms with Crippen LogP contribution in [0.3, 0.4) is 0 Å². The van der Waals surface area contributed by atoms with Crippen molar-refractivity contribution < 1.29 is 9.18 Å². The number of benzene rings is 1. The van der Waals surface area contributed by atoms with Crippen molar-refractivity contribution in [2.24, 2.45) is 0 Å². The minimum absolute atomic E-state index is 0.0154. The van der Waals surface area contributed by atoms with E-state index in [1.165, 1.54) is 41.7 Å². The minimum Gasteiger partial charge on any atom is -0.397 e. The third-order valence-electron chi connectivity index (χ3n) is 4.84. The van der Waals surface area contributed by atoms with Gasteiger partial charge in [0.2, 0.25) is 0 Å². The number of nitrogens with one attached hydrogen (secondary N) is 1. The molecular formula is C22H19ClFN7O. The van der Waals surface area contributed by atoms with Crippen LogP contribution < -0.4 is 11.1 Å². The maximum absolute atomic E-state index is 15.0. The number of carbonyl (C=O) groups excluding carboxylic acids is 1. The average molecular weight is 452 g/mol. The molecule has 0 saturated carbocycles. The maximum atomic E-state index is 15.0. The molecule has 162 valence electrons. The summed E-state index contributed by atoms with van der Waals surface area (Å²) >= 11 is 6.25. The van der Waals surface area contributed by atoms with E-state index < -0.39 is 11.7 Å². The van der Waals surface area contributed by atoms with Crippen molar-refractivity contribution in [3.8, 4) is 16.9 Å². The second-order valence-electron chi connectivity index (χ2n) is 7.34. The van der Waals surface area contributed by atoms with Crippen molar-refractivity contribution >= 4 is 28.9 Å². The molecule has 0 bridgehead atoms. The number of rotatable bonds is 5. The maximum Gasteiger partial charge on any atom is 0.258 e. The molecule has 1 aromatic carbocycles. The number of aromatic nitrogens is 5. The molecule has 4 rings (SSSR count). The van der Waals surface area contributed by atoms with Crippen molar-refractivity contribution in [1.82, 2.24) is 25.0 Å². The monoisotopic (exact) mass is 451 g/mol. The third kappa shape index (κ3) is 4.15. The molecule has 32 heavy (non-hydrogen) atoms. The Hall–Kier alpha value is -3.85. The molecule has 0 aliphatic carbocycles. The molecule has 1 amide bonds. The van der Waals surface area contributed by atoms with E-state index in [4.69, 9.17) is 17.3 Å². The lowest BCUT2D eigenvalue weighted by atomic mass is 9.90. The van der Waals surface area contributed by atoms with Crippen LogP contribution in [0.2, 0.25) is 5.02 Å². The summed E-state index contributed by atoms with van der Waals surface area (Å²) in [6.07, 6.45) is 7.48. The van der Waals surface area contributed by atoms with Gasteiger partial charge in [0.15, 0.2) is 5.82 Å². The van der Waals surface area contributed by atoms with Crippen molar-refractivity contribution in [2.45, 2.75) is 19.8 Å². The Balaban J connectivity index is 1.66. The smallest absolute Gasteiger partial charge is 0.258 e. The van der Waals surface area contributed by atoms with Crippen LogP contribution in [0.4, 0.5) is 15.8 Å². The van der Waals surface area contributed by atoms with Gasteiger partial charge >= 0.3 is 0 Å². The highest BCUT2D eigenvalue weighted by molar-refractivity contribution is 6.32. The molecule has 0 aliphatic rings. The van der Waals surface area contributed by atoms with Crippen molar-refractivity contribution in [2.75, 3.05) is 11.1 Å². The van der Waals surface area contributed by atoms with Crippen molar-refractivity contribution in [3.05, 3.63) is 77.2 Å². The van der Waals surface area contributed by atoms with Crippen LogP contribution in [0.1, 0.15) is 35.7 Å². The summed E-state index contributed by atoms with van der Waals surface area (Å²) in [5, 5.41) is 10.8. The van der Waals surface area contributed by atoms with E-state index in [1.807, 2.05) is 13.8 Å². The van der Waals surface area contributed by atoms with Crippen LogP contribution >= 0.6 is 11.6 Å². The zero-order valence-corrected chi connectivity index (χ0v) is 18.0. The largest absolute Gasteiger partial charge is 0.397 e. The summed E-state index contributed by atoms with van der Waals surface area (Å²) in [5.74, 6) is -0.972. The first kappa shape index (κ1) is 21.4. The van der Waals surface area contributed by atoms with E-state index >= 15 is 4.39 Å². The summed E-state index contributed by atoms with van der Waals surface area (Å²) in [7, 11) is 0. The molecule has 0 atom stereocenters. The summed E-state index contributed by atoms with van der Waals surface area (Å²) in [6.45, 7) is 3.92. The van der Waals surface area contributed by atoms with Crippen LogP contribution in [0.15, 0.2) is 55.2 Å². The van der Waals surface area contributed by atoms with Gasteiger partial charge in [-0.05, 0) is 41.3 Å². The zero-order valence-electron chi connectivity index (χ0n) is 17.3. The summed E-state index contributed by atoms with van der Waals surface area (Å²) in [5.41, 5.74) is 8.74. The van der Waals surface area contributed by atoms with E-state index in [2.05, 4.69) is 25.5 Å². The summed E-state index contributed by atoms with van der Waals surface area (Å²) < 4.78 is 15.0. The number of nitrogen functional groups attached to an aromatic ring is 1. The molecule has 0 aliphatic heterocycles. The molecule has 4 aromatic rings. The van der Waals surface area contributed by atoms with Gasteiger partial charge in [-0.2, -0.15) is 10.2 Å². The van der Waals surface area contributed by atoms with E-state index in [1.54, 1.807) is 18.3 Å². The van der Waals surface area contributed by atoms with Gasteiger partial charge in [0.1, 0.15) is 5.82 Å². The van der Waals surface area contributed by atoms with Gasteiger partial charge in [-0.3, -0.25) is 9.78 Å². The van der Waals surface area contributed by atoms with E-state index in [0.29, 0.717) is 28.3 Å². The molecule has 0 radical (unpaired) electrons. The highest BCUT2D eigenvalue weighted by atomic mass is 35.5. The topological polar surface area (TPSA) is 112 Å². The van der Waals surface area contributed by atoms with Gasteiger partial charge in [0.25, 0.3) is 5.91 Å². The Morgan fingerprint density at radius 3 is 2.53 bits per heavy atom. The molecule has 3 heterocycles.